The van der Waals surface area contributed by atoms with Crippen LogP contribution < -0.4 is 0 Å². The molecule has 0 atom stereocenters. The van der Waals surface area contributed by atoms with Gasteiger partial charge in [-0.3, -0.25) is 4.79 Å². The second kappa shape index (κ2) is 6.00. The van der Waals surface area contributed by atoms with Crippen LogP contribution in [0.4, 0.5) is 0 Å². The molecule has 16 heavy (non-hydrogen) atoms. The molecule has 0 radical (unpaired) electrons. The van der Waals surface area contributed by atoms with Crippen LogP contribution in [0.1, 0.15) is 33.0 Å². The van der Waals surface area contributed by atoms with Crippen LogP contribution in [-0.4, -0.2) is 21.2 Å². The van der Waals surface area contributed by atoms with Gasteiger partial charge in [0.25, 0.3) is 0 Å². The molecule has 0 amide bonds. The molecular formula is C12H17N3O. The summed E-state index contributed by atoms with van der Waals surface area (Å²) in [4.78, 5) is 14.6. The number of aromatic nitrogens is 3. The average Bonchev–Trinajstić information content (AvgIpc) is 2.72. The maximum atomic E-state index is 10.5. The summed E-state index contributed by atoms with van der Waals surface area (Å²) in [5, 5.41) is 4.05. The smallest absolute Gasteiger partial charge is 0.235 e. The Morgan fingerprint density at radius 2 is 2.31 bits per heavy atom. The van der Waals surface area contributed by atoms with E-state index in [1.54, 1.807) is 0 Å². The summed E-state index contributed by atoms with van der Waals surface area (Å²) in [6.45, 7) is 6.26. The number of hydrogen-bond acceptors (Lipinski definition) is 3. The standard InChI is InChI=1S/C12H17N3O/c1-4-5-6-11(7-10(2)3)12-13-8-15(9-16)14-12/h5-10H,4H2,1-3H3/b6-5-,11-7+. The van der Waals surface area contributed by atoms with Crippen LogP contribution in [0.25, 0.3) is 5.57 Å². The molecule has 0 N–H and O–H groups in total. The van der Waals surface area contributed by atoms with Crippen molar-refractivity contribution in [3.05, 3.63) is 30.4 Å². The van der Waals surface area contributed by atoms with E-state index in [0.29, 0.717) is 18.2 Å². The van der Waals surface area contributed by atoms with Crippen molar-refractivity contribution in [3.8, 4) is 0 Å². The molecule has 4 nitrogen and oxygen atoms in total. The molecule has 86 valence electrons. The van der Waals surface area contributed by atoms with Crippen molar-refractivity contribution in [1.29, 1.82) is 0 Å². The highest BCUT2D eigenvalue weighted by Crippen LogP contribution is 2.14. The Morgan fingerprint density at radius 3 is 2.81 bits per heavy atom. The molecule has 0 saturated carbocycles. The third kappa shape index (κ3) is 3.46. The first-order chi connectivity index (χ1) is 7.67. The molecule has 0 aliphatic carbocycles. The van der Waals surface area contributed by atoms with Gasteiger partial charge in [0.15, 0.2) is 5.82 Å². The Morgan fingerprint density at radius 1 is 1.56 bits per heavy atom. The molecule has 0 aliphatic rings. The van der Waals surface area contributed by atoms with E-state index in [0.717, 1.165) is 12.0 Å². The summed E-state index contributed by atoms with van der Waals surface area (Å²) in [6, 6.07) is 0. The Labute approximate surface area is 95.7 Å². The Hall–Kier alpha value is -1.71. The zero-order valence-corrected chi connectivity index (χ0v) is 9.92. The molecule has 0 aromatic carbocycles. The Bertz CT molecular complexity index is 402. The van der Waals surface area contributed by atoms with Gasteiger partial charge in [-0.05, 0) is 12.3 Å². The van der Waals surface area contributed by atoms with Gasteiger partial charge in [-0.25, -0.2) is 4.98 Å². The highest BCUT2D eigenvalue weighted by molar-refractivity contribution is 5.69. The van der Waals surface area contributed by atoms with E-state index in [4.69, 9.17) is 0 Å². The topological polar surface area (TPSA) is 47.8 Å². The van der Waals surface area contributed by atoms with Crippen LogP contribution in [0, 0.1) is 5.92 Å². The first kappa shape index (κ1) is 12.4. The van der Waals surface area contributed by atoms with E-state index in [1.165, 1.54) is 11.0 Å². The lowest BCUT2D eigenvalue weighted by molar-refractivity contribution is 0.540. The van der Waals surface area contributed by atoms with E-state index in [9.17, 15) is 4.79 Å². The molecule has 1 aromatic heterocycles. The highest BCUT2D eigenvalue weighted by atomic mass is 16.1. The van der Waals surface area contributed by atoms with Crippen LogP contribution in [0.2, 0.25) is 0 Å². The van der Waals surface area contributed by atoms with Gasteiger partial charge in [-0.1, -0.05) is 39.0 Å². The lowest BCUT2D eigenvalue weighted by Gasteiger charge is -1.99. The fourth-order valence-corrected chi connectivity index (χ4v) is 1.27. The lowest BCUT2D eigenvalue weighted by atomic mass is 10.1. The van der Waals surface area contributed by atoms with Gasteiger partial charge in [0, 0.05) is 5.57 Å². The highest BCUT2D eigenvalue weighted by Gasteiger charge is 2.05. The predicted octanol–water partition coefficient (Wildman–Crippen LogP) is 2.32. The molecule has 1 aromatic rings. The largest absolute Gasteiger partial charge is 0.276 e. The minimum absolute atomic E-state index is 0.416. The zero-order chi connectivity index (χ0) is 12.0. The minimum atomic E-state index is 0.416. The van der Waals surface area contributed by atoms with Crippen molar-refractivity contribution in [1.82, 2.24) is 14.8 Å². The average molecular weight is 219 g/mol. The molecule has 1 rings (SSSR count). The van der Waals surface area contributed by atoms with Crippen LogP contribution in [0.3, 0.4) is 0 Å². The van der Waals surface area contributed by atoms with E-state index < -0.39 is 0 Å². The number of hydrogen-bond donors (Lipinski definition) is 0. The summed E-state index contributed by atoms with van der Waals surface area (Å²) < 4.78 is 1.17. The molecule has 4 heteroatoms. The Kier molecular flexibility index (Phi) is 4.64. The van der Waals surface area contributed by atoms with Crippen molar-refractivity contribution in [2.75, 3.05) is 0 Å². The fourth-order valence-electron chi connectivity index (χ4n) is 1.27. The number of rotatable bonds is 5. The van der Waals surface area contributed by atoms with Gasteiger partial charge in [-0.2, -0.15) is 4.68 Å². The molecule has 0 fully saturated rings. The number of allylic oxidation sites excluding steroid dienone is 4. The van der Waals surface area contributed by atoms with Gasteiger partial charge in [0.2, 0.25) is 6.41 Å². The predicted molar refractivity (Wildman–Crippen MR) is 64.4 cm³/mol. The number of carbonyl (C=O) groups is 1. The molecule has 1 heterocycles. The maximum Gasteiger partial charge on any atom is 0.235 e. The number of carbonyl (C=O) groups excluding carboxylic acids is 1. The van der Waals surface area contributed by atoms with E-state index in [-0.39, 0.29) is 0 Å². The second-order valence-corrected chi connectivity index (χ2v) is 3.83. The Balaban J connectivity index is 3.00. The first-order valence-electron chi connectivity index (χ1n) is 5.42. The monoisotopic (exact) mass is 219 g/mol. The zero-order valence-electron chi connectivity index (χ0n) is 9.92. The van der Waals surface area contributed by atoms with Crippen LogP contribution >= 0.6 is 0 Å². The van der Waals surface area contributed by atoms with Crippen molar-refractivity contribution >= 4 is 12.0 Å². The first-order valence-corrected chi connectivity index (χ1v) is 5.42. The minimum Gasteiger partial charge on any atom is -0.276 e. The molecule has 0 unspecified atom stereocenters. The second-order valence-electron chi connectivity index (χ2n) is 3.83. The summed E-state index contributed by atoms with van der Waals surface area (Å²) in [6.07, 6.45) is 9.13. The van der Waals surface area contributed by atoms with E-state index in [1.807, 2.05) is 6.08 Å². The van der Waals surface area contributed by atoms with Crippen molar-refractivity contribution < 1.29 is 4.79 Å². The summed E-state index contributed by atoms with van der Waals surface area (Å²) in [5.74, 6) is 1.00. The van der Waals surface area contributed by atoms with Crippen molar-refractivity contribution in [2.45, 2.75) is 27.2 Å². The maximum absolute atomic E-state index is 10.5. The summed E-state index contributed by atoms with van der Waals surface area (Å²) in [7, 11) is 0. The molecule has 0 bridgehead atoms. The van der Waals surface area contributed by atoms with Crippen LogP contribution in [0.15, 0.2) is 24.6 Å². The van der Waals surface area contributed by atoms with Gasteiger partial charge in [0.05, 0.1) is 0 Å². The molecular weight excluding hydrogens is 202 g/mol. The van der Waals surface area contributed by atoms with E-state index in [2.05, 4.69) is 43.0 Å². The van der Waals surface area contributed by atoms with Gasteiger partial charge < -0.3 is 0 Å². The third-order valence-electron chi connectivity index (χ3n) is 1.92. The lowest BCUT2D eigenvalue weighted by Crippen LogP contribution is -1.96. The van der Waals surface area contributed by atoms with Gasteiger partial charge in [-0.15, -0.1) is 5.10 Å². The fraction of sp³-hybridized carbons (Fsp3) is 0.417. The van der Waals surface area contributed by atoms with Crippen LogP contribution in [0.5, 0.6) is 0 Å². The SMILES string of the molecule is CC/C=C\C(=C/C(C)C)c1ncn(C=O)n1. The summed E-state index contributed by atoms with van der Waals surface area (Å²) in [5.41, 5.74) is 0.956. The quantitative estimate of drug-likeness (QED) is 0.564. The van der Waals surface area contributed by atoms with Gasteiger partial charge >= 0.3 is 0 Å². The van der Waals surface area contributed by atoms with E-state index >= 15 is 0 Å². The number of nitrogens with zero attached hydrogens (tertiary/aromatic N) is 3. The van der Waals surface area contributed by atoms with Crippen LogP contribution in [-0.2, 0) is 4.79 Å². The molecule has 0 aliphatic heterocycles. The molecule has 0 saturated heterocycles. The summed E-state index contributed by atoms with van der Waals surface area (Å²) >= 11 is 0. The normalized spacial score (nSPS) is 12.6. The van der Waals surface area contributed by atoms with Crippen molar-refractivity contribution in [3.63, 3.8) is 0 Å². The molecule has 0 spiro atoms. The van der Waals surface area contributed by atoms with Crippen molar-refractivity contribution in [2.24, 2.45) is 5.92 Å². The third-order valence-corrected chi connectivity index (χ3v) is 1.92. The van der Waals surface area contributed by atoms with Gasteiger partial charge in [0.1, 0.15) is 6.33 Å².